The van der Waals surface area contributed by atoms with Crippen molar-refractivity contribution in [1.29, 1.82) is 0 Å². The highest BCUT2D eigenvalue weighted by Gasteiger charge is 2.47. The van der Waals surface area contributed by atoms with E-state index in [4.69, 9.17) is 0 Å². The van der Waals surface area contributed by atoms with Gasteiger partial charge in [0.1, 0.15) is 0 Å². The molecule has 0 bridgehead atoms. The Bertz CT molecular complexity index is 441. The molecule has 0 aromatic heterocycles. The predicted molar refractivity (Wildman–Crippen MR) is 88.1 cm³/mol. The lowest BCUT2D eigenvalue weighted by Crippen LogP contribution is -2.46. The van der Waals surface area contributed by atoms with E-state index in [1.165, 1.54) is 4.90 Å². The summed E-state index contributed by atoms with van der Waals surface area (Å²) in [5.74, 6) is -0.411. The Morgan fingerprint density at radius 1 is 1.09 bits per heavy atom. The Kier molecular flexibility index (Phi) is 6.41. The third kappa shape index (κ3) is 4.04. The zero-order valence-electron chi connectivity index (χ0n) is 13.4. The van der Waals surface area contributed by atoms with Crippen molar-refractivity contribution in [3.8, 4) is 0 Å². The largest absolute Gasteiger partial charge is 0.352 e. The van der Waals surface area contributed by atoms with E-state index >= 15 is 0 Å². The lowest BCUT2D eigenvalue weighted by Gasteiger charge is -2.24. The molecule has 3 amide bonds. The lowest BCUT2D eigenvalue weighted by atomic mass is 9.81. The number of nitrogens with zero attached hydrogens (tertiary/aromatic N) is 1. The molecule has 3 fully saturated rings. The number of carbonyl (C=O) groups excluding carboxylic acids is 3. The second-order valence-corrected chi connectivity index (χ2v) is 6.69. The van der Waals surface area contributed by atoms with Crippen molar-refractivity contribution in [1.82, 2.24) is 15.5 Å². The van der Waals surface area contributed by atoms with E-state index in [0.717, 1.165) is 51.6 Å². The molecule has 2 heterocycles. The van der Waals surface area contributed by atoms with Crippen molar-refractivity contribution in [2.45, 2.75) is 51.0 Å². The van der Waals surface area contributed by atoms with Crippen LogP contribution >= 0.6 is 12.4 Å². The first-order valence-corrected chi connectivity index (χ1v) is 8.52. The number of amides is 3. The summed E-state index contributed by atoms with van der Waals surface area (Å²) in [4.78, 5) is 38.0. The van der Waals surface area contributed by atoms with Crippen LogP contribution < -0.4 is 10.6 Å². The molecule has 0 aromatic carbocycles. The van der Waals surface area contributed by atoms with Crippen LogP contribution in [0.5, 0.6) is 0 Å². The SMILES string of the molecule is Cl.O=C(CCN1C(=O)C2CCCCC2C1=O)N[C@H]1CCCNC1. The molecule has 23 heavy (non-hydrogen) atoms. The maximum absolute atomic E-state index is 12.3. The van der Waals surface area contributed by atoms with Crippen LogP contribution in [0.3, 0.4) is 0 Å². The van der Waals surface area contributed by atoms with E-state index in [1.54, 1.807) is 0 Å². The summed E-state index contributed by atoms with van der Waals surface area (Å²) in [5, 5.41) is 6.24. The van der Waals surface area contributed by atoms with Gasteiger partial charge in [-0.25, -0.2) is 0 Å². The van der Waals surface area contributed by atoms with Crippen LogP contribution in [0.15, 0.2) is 0 Å². The minimum atomic E-state index is -0.119. The molecule has 2 unspecified atom stereocenters. The fourth-order valence-corrected chi connectivity index (χ4v) is 3.94. The zero-order valence-corrected chi connectivity index (χ0v) is 14.2. The Balaban J connectivity index is 0.00000192. The average Bonchev–Trinajstić information content (AvgIpc) is 2.78. The van der Waals surface area contributed by atoms with Crippen molar-refractivity contribution in [2.24, 2.45) is 11.8 Å². The molecule has 3 atom stereocenters. The third-order valence-electron chi connectivity index (χ3n) is 5.16. The first-order valence-electron chi connectivity index (χ1n) is 8.52. The van der Waals surface area contributed by atoms with Gasteiger partial charge in [-0.3, -0.25) is 19.3 Å². The molecule has 3 rings (SSSR count). The summed E-state index contributed by atoms with van der Waals surface area (Å²) in [6, 6.07) is 0.175. The van der Waals surface area contributed by atoms with Crippen LogP contribution in [-0.4, -0.2) is 48.3 Å². The third-order valence-corrected chi connectivity index (χ3v) is 5.16. The lowest BCUT2D eigenvalue weighted by molar-refractivity contribution is -0.140. The molecular weight excluding hydrogens is 318 g/mol. The van der Waals surface area contributed by atoms with Gasteiger partial charge in [-0.2, -0.15) is 0 Å². The van der Waals surface area contributed by atoms with Crippen molar-refractivity contribution in [2.75, 3.05) is 19.6 Å². The summed E-state index contributed by atoms with van der Waals surface area (Å²) in [5.41, 5.74) is 0. The second kappa shape index (κ2) is 8.11. The van der Waals surface area contributed by atoms with Crippen LogP contribution in [0.2, 0.25) is 0 Å². The van der Waals surface area contributed by atoms with E-state index < -0.39 is 0 Å². The summed E-state index contributed by atoms with van der Waals surface area (Å²) in [7, 11) is 0. The Labute approximate surface area is 143 Å². The number of piperidine rings is 1. The molecule has 6 nitrogen and oxygen atoms in total. The minimum absolute atomic E-state index is 0. The smallest absolute Gasteiger partial charge is 0.233 e. The molecule has 2 saturated heterocycles. The van der Waals surface area contributed by atoms with Gasteiger partial charge in [0.15, 0.2) is 0 Å². The van der Waals surface area contributed by atoms with Crippen LogP contribution in [0, 0.1) is 11.8 Å². The maximum Gasteiger partial charge on any atom is 0.233 e. The van der Waals surface area contributed by atoms with Crippen LogP contribution in [0.4, 0.5) is 0 Å². The minimum Gasteiger partial charge on any atom is -0.352 e. The van der Waals surface area contributed by atoms with Crippen molar-refractivity contribution >= 4 is 30.1 Å². The van der Waals surface area contributed by atoms with Crippen LogP contribution in [0.25, 0.3) is 0 Å². The van der Waals surface area contributed by atoms with Gasteiger partial charge in [0, 0.05) is 25.6 Å². The van der Waals surface area contributed by atoms with E-state index in [9.17, 15) is 14.4 Å². The standard InChI is InChI=1S/C16H25N3O3.ClH/c20-14(18-11-4-3-8-17-10-11)7-9-19-15(21)12-5-1-2-6-13(12)16(19)22;/h11-13,17H,1-10H2,(H,18,20);1H/t11-,12?,13?;/m0./s1. The van der Waals surface area contributed by atoms with Gasteiger partial charge in [0.2, 0.25) is 17.7 Å². The zero-order chi connectivity index (χ0) is 15.5. The molecule has 130 valence electrons. The molecule has 3 aliphatic rings. The van der Waals surface area contributed by atoms with Crippen LogP contribution in [-0.2, 0) is 14.4 Å². The van der Waals surface area contributed by atoms with Gasteiger partial charge in [0.05, 0.1) is 11.8 Å². The number of hydrogen-bond acceptors (Lipinski definition) is 4. The van der Waals surface area contributed by atoms with Crippen LogP contribution in [0.1, 0.15) is 44.9 Å². The molecule has 2 aliphatic heterocycles. The van der Waals surface area contributed by atoms with E-state index in [2.05, 4.69) is 10.6 Å². The molecule has 2 N–H and O–H groups in total. The molecule has 0 radical (unpaired) electrons. The number of likely N-dealkylation sites (tertiary alicyclic amines) is 1. The second-order valence-electron chi connectivity index (χ2n) is 6.69. The number of hydrogen-bond donors (Lipinski definition) is 2. The highest BCUT2D eigenvalue weighted by atomic mass is 35.5. The van der Waals surface area contributed by atoms with Gasteiger partial charge in [-0.1, -0.05) is 12.8 Å². The maximum atomic E-state index is 12.3. The molecule has 1 aliphatic carbocycles. The molecular formula is C16H26ClN3O3. The molecule has 7 heteroatoms. The predicted octanol–water partition coefficient (Wildman–Crippen LogP) is 0.842. The van der Waals surface area contributed by atoms with Gasteiger partial charge in [-0.05, 0) is 32.2 Å². The molecule has 0 aromatic rings. The number of carbonyl (C=O) groups is 3. The van der Waals surface area contributed by atoms with Crippen molar-refractivity contribution < 1.29 is 14.4 Å². The molecule has 1 saturated carbocycles. The number of fused-ring (bicyclic) bond motifs is 1. The fraction of sp³-hybridized carbons (Fsp3) is 0.812. The topological polar surface area (TPSA) is 78.5 Å². The monoisotopic (exact) mass is 343 g/mol. The normalized spacial score (nSPS) is 30.6. The average molecular weight is 344 g/mol. The van der Waals surface area contributed by atoms with Gasteiger partial charge in [-0.15, -0.1) is 12.4 Å². The molecule has 0 spiro atoms. The fourth-order valence-electron chi connectivity index (χ4n) is 3.94. The summed E-state index contributed by atoms with van der Waals surface area (Å²) < 4.78 is 0. The van der Waals surface area contributed by atoms with E-state index in [-0.39, 0.29) is 61.0 Å². The Hall–Kier alpha value is -1.14. The van der Waals surface area contributed by atoms with E-state index in [0.29, 0.717) is 0 Å². The number of halogens is 1. The Morgan fingerprint density at radius 2 is 1.74 bits per heavy atom. The highest BCUT2D eigenvalue weighted by Crippen LogP contribution is 2.37. The first-order chi connectivity index (χ1) is 10.7. The number of nitrogens with one attached hydrogen (secondary N) is 2. The van der Waals surface area contributed by atoms with Gasteiger partial charge < -0.3 is 10.6 Å². The summed E-state index contributed by atoms with van der Waals surface area (Å²) in [6.07, 6.45) is 5.99. The summed E-state index contributed by atoms with van der Waals surface area (Å²) >= 11 is 0. The Morgan fingerprint density at radius 3 is 2.30 bits per heavy atom. The number of imide groups is 1. The van der Waals surface area contributed by atoms with Gasteiger partial charge in [0.25, 0.3) is 0 Å². The van der Waals surface area contributed by atoms with Crippen molar-refractivity contribution in [3.05, 3.63) is 0 Å². The highest BCUT2D eigenvalue weighted by molar-refractivity contribution is 6.05. The van der Waals surface area contributed by atoms with Gasteiger partial charge >= 0.3 is 0 Å². The summed E-state index contributed by atoms with van der Waals surface area (Å²) in [6.45, 7) is 2.04. The number of rotatable bonds is 4. The quantitative estimate of drug-likeness (QED) is 0.741. The first kappa shape index (κ1) is 18.2. The van der Waals surface area contributed by atoms with E-state index in [1.807, 2.05) is 0 Å². The van der Waals surface area contributed by atoms with Crippen molar-refractivity contribution in [3.63, 3.8) is 0 Å².